The fourth-order valence-corrected chi connectivity index (χ4v) is 3.76. The summed E-state index contributed by atoms with van der Waals surface area (Å²) in [6.45, 7) is 10.4. The zero-order chi connectivity index (χ0) is 24.1. The van der Waals surface area contributed by atoms with Gasteiger partial charge in [-0.15, -0.1) is 0 Å². The van der Waals surface area contributed by atoms with Gasteiger partial charge in [0.05, 0.1) is 25.3 Å². The SMILES string of the molecule is C=C(/N=C\C(C)=C/C)[C@@H]1O[C@@H](CC(=O)NCC)c2cc(=O)n(C)cc2-c2ccc(OC)cc21. The number of rotatable bonds is 7. The second-order valence-electron chi connectivity index (χ2n) is 7.99. The van der Waals surface area contributed by atoms with Crippen molar-refractivity contribution >= 4 is 12.1 Å². The highest BCUT2D eigenvalue weighted by Crippen LogP contribution is 2.45. The van der Waals surface area contributed by atoms with Gasteiger partial charge in [-0.25, -0.2) is 0 Å². The number of methoxy groups -OCH3 is 1. The largest absolute Gasteiger partial charge is 0.497 e. The van der Waals surface area contributed by atoms with E-state index in [0.29, 0.717) is 23.6 Å². The minimum atomic E-state index is -0.654. The van der Waals surface area contributed by atoms with Crippen LogP contribution in [0.4, 0.5) is 0 Å². The van der Waals surface area contributed by atoms with Crippen LogP contribution in [0.5, 0.6) is 5.75 Å². The Bertz CT molecular complexity index is 1180. The Kier molecular flexibility index (Phi) is 7.66. The van der Waals surface area contributed by atoms with Crippen molar-refractivity contribution in [3.05, 3.63) is 75.9 Å². The Labute approximate surface area is 194 Å². The zero-order valence-corrected chi connectivity index (χ0v) is 19.8. The van der Waals surface area contributed by atoms with Crippen molar-refractivity contribution in [3.8, 4) is 16.9 Å². The number of carbonyl (C=O) groups excluding carboxylic acids is 1. The van der Waals surface area contributed by atoms with Crippen molar-refractivity contribution in [1.29, 1.82) is 0 Å². The number of hydrogen-bond donors (Lipinski definition) is 1. The third kappa shape index (κ3) is 5.31. The first kappa shape index (κ1) is 24.2. The number of aryl methyl sites for hydroxylation is 1. The third-order valence-corrected chi connectivity index (χ3v) is 5.68. The Hall–Kier alpha value is -3.45. The van der Waals surface area contributed by atoms with E-state index < -0.39 is 12.2 Å². The van der Waals surface area contributed by atoms with E-state index in [2.05, 4.69) is 16.9 Å². The number of aliphatic imine (C=N–C) groups is 1. The van der Waals surface area contributed by atoms with E-state index in [0.717, 1.165) is 22.3 Å². The number of nitrogens with one attached hydrogen (secondary N) is 1. The van der Waals surface area contributed by atoms with Crippen LogP contribution in [0.25, 0.3) is 11.1 Å². The number of fused-ring (bicyclic) bond motifs is 3. The summed E-state index contributed by atoms with van der Waals surface area (Å²) in [5, 5.41) is 2.82. The van der Waals surface area contributed by atoms with Crippen molar-refractivity contribution in [2.45, 2.75) is 39.4 Å². The highest BCUT2D eigenvalue weighted by Gasteiger charge is 2.33. The molecule has 0 bridgehead atoms. The lowest BCUT2D eigenvalue weighted by atomic mass is 9.92. The molecule has 1 aromatic carbocycles. The van der Waals surface area contributed by atoms with E-state index in [-0.39, 0.29) is 17.9 Å². The molecule has 1 N–H and O–H groups in total. The standard InChI is InChI=1S/C26H31N3O4/c1-7-16(3)14-28-17(4)26-21-11-18(32-6)9-10-19(21)22-15-29(5)25(31)12-20(22)23(33-26)13-24(30)27-8-2/h7,9-12,14-15,23,26H,4,8,13H2,1-3,5-6H3,(H,27,30)/b16-7-,28-14-/t23-,26-/m0/s1. The van der Waals surface area contributed by atoms with Crippen molar-refractivity contribution in [2.24, 2.45) is 12.0 Å². The lowest BCUT2D eigenvalue weighted by molar-refractivity contribution is -0.125. The Balaban J connectivity index is 2.22. The van der Waals surface area contributed by atoms with Gasteiger partial charge in [0.1, 0.15) is 11.9 Å². The van der Waals surface area contributed by atoms with E-state index in [9.17, 15) is 9.59 Å². The fraction of sp³-hybridized carbons (Fsp3) is 0.346. The molecule has 3 rings (SSSR count). The molecule has 0 saturated carbocycles. The summed E-state index contributed by atoms with van der Waals surface area (Å²) < 4.78 is 13.5. The molecule has 174 valence electrons. The maximum Gasteiger partial charge on any atom is 0.250 e. The van der Waals surface area contributed by atoms with Gasteiger partial charge in [-0.1, -0.05) is 18.7 Å². The monoisotopic (exact) mass is 449 g/mol. The lowest BCUT2D eigenvalue weighted by Gasteiger charge is -2.23. The van der Waals surface area contributed by atoms with E-state index in [4.69, 9.17) is 9.47 Å². The van der Waals surface area contributed by atoms with E-state index >= 15 is 0 Å². The number of nitrogens with zero attached hydrogens (tertiary/aromatic N) is 2. The maximum absolute atomic E-state index is 12.5. The lowest BCUT2D eigenvalue weighted by Crippen LogP contribution is -2.26. The van der Waals surface area contributed by atoms with Gasteiger partial charge in [-0.05, 0) is 55.2 Å². The maximum atomic E-state index is 12.5. The molecule has 2 aromatic rings. The first-order valence-corrected chi connectivity index (χ1v) is 11.0. The normalized spacial score (nSPS) is 17.8. The Morgan fingerprint density at radius 3 is 2.73 bits per heavy atom. The molecular formula is C26H31N3O4. The summed E-state index contributed by atoms with van der Waals surface area (Å²) in [7, 11) is 3.31. The molecule has 1 aliphatic rings. The topological polar surface area (TPSA) is 81.9 Å². The molecular weight excluding hydrogens is 418 g/mol. The number of hydrogen-bond acceptors (Lipinski definition) is 5. The highest BCUT2D eigenvalue weighted by atomic mass is 16.5. The molecule has 0 fully saturated rings. The molecule has 0 unspecified atom stereocenters. The number of allylic oxidation sites excluding steroid dienone is 2. The quantitative estimate of drug-likeness (QED) is 0.641. The van der Waals surface area contributed by atoms with Crippen molar-refractivity contribution in [2.75, 3.05) is 13.7 Å². The molecule has 1 aromatic heterocycles. The van der Waals surface area contributed by atoms with Crippen LogP contribution in [-0.2, 0) is 16.6 Å². The van der Waals surface area contributed by atoms with Crippen LogP contribution in [0.3, 0.4) is 0 Å². The second-order valence-corrected chi connectivity index (χ2v) is 7.99. The van der Waals surface area contributed by atoms with Gasteiger partial charge in [0.15, 0.2) is 0 Å². The molecule has 33 heavy (non-hydrogen) atoms. The van der Waals surface area contributed by atoms with Gasteiger partial charge in [0.25, 0.3) is 5.56 Å². The third-order valence-electron chi connectivity index (χ3n) is 5.68. The average Bonchev–Trinajstić information content (AvgIpc) is 2.92. The summed E-state index contributed by atoms with van der Waals surface area (Å²) in [5.74, 6) is 0.507. The molecule has 7 heteroatoms. The van der Waals surface area contributed by atoms with Gasteiger partial charge in [-0.2, -0.15) is 0 Å². The van der Waals surface area contributed by atoms with E-state index in [1.54, 1.807) is 32.6 Å². The van der Waals surface area contributed by atoms with E-state index in [1.807, 2.05) is 45.0 Å². The smallest absolute Gasteiger partial charge is 0.250 e. The number of pyridine rings is 1. The van der Waals surface area contributed by atoms with Crippen molar-refractivity contribution < 1.29 is 14.3 Å². The van der Waals surface area contributed by atoms with Crippen LogP contribution in [0.1, 0.15) is 50.5 Å². The second kappa shape index (κ2) is 10.4. The van der Waals surface area contributed by atoms with Crippen molar-refractivity contribution in [1.82, 2.24) is 9.88 Å². The average molecular weight is 450 g/mol. The number of ether oxygens (including phenoxy) is 2. The van der Waals surface area contributed by atoms with Gasteiger partial charge in [0.2, 0.25) is 5.91 Å². The summed E-state index contributed by atoms with van der Waals surface area (Å²) in [6, 6.07) is 7.25. The van der Waals surface area contributed by atoms with Gasteiger partial charge >= 0.3 is 0 Å². The zero-order valence-electron chi connectivity index (χ0n) is 19.8. The summed E-state index contributed by atoms with van der Waals surface area (Å²) in [5.41, 5.74) is 4.49. The minimum absolute atomic E-state index is 0.0700. The predicted octanol–water partition coefficient (Wildman–Crippen LogP) is 4.25. The molecule has 0 saturated heterocycles. The molecule has 0 spiro atoms. The Morgan fingerprint density at radius 1 is 1.30 bits per heavy atom. The first-order valence-electron chi connectivity index (χ1n) is 11.0. The molecule has 1 aliphatic heterocycles. The molecule has 2 atom stereocenters. The van der Waals surface area contributed by atoms with Crippen LogP contribution >= 0.6 is 0 Å². The van der Waals surface area contributed by atoms with Gasteiger partial charge in [0, 0.05) is 37.6 Å². The highest BCUT2D eigenvalue weighted by molar-refractivity contribution is 5.80. The van der Waals surface area contributed by atoms with Crippen LogP contribution in [0.15, 0.2) is 64.2 Å². The minimum Gasteiger partial charge on any atom is -0.497 e. The molecule has 0 radical (unpaired) electrons. The van der Waals surface area contributed by atoms with Crippen molar-refractivity contribution in [3.63, 3.8) is 0 Å². The number of carbonyl (C=O) groups is 1. The van der Waals surface area contributed by atoms with Crippen LogP contribution in [0, 0.1) is 0 Å². The predicted molar refractivity (Wildman–Crippen MR) is 131 cm³/mol. The van der Waals surface area contributed by atoms with Crippen LogP contribution in [-0.4, -0.2) is 30.3 Å². The Morgan fingerprint density at radius 2 is 2.06 bits per heavy atom. The molecule has 7 nitrogen and oxygen atoms in total. The number of aromatic nitrogens is 1. The van der Waals surface area contributed by atoms with Gasteiger partial charge < -0.3 is 19.4 Å². The number of amides is 1. The summed E-state index contributed by atoms with van der Waals surface area (Å²) >= 11 is 0. The van der Waals surface area contributed by atoms with Gasteiger partial charge in [-0.3, -0.25) is 14.6 Å². The fourth-order valence-electron chi connectivity index (χ4n) is 3.76. The van der Waals surface area contributed by atoms with Crippen LogP contribution in [0.2, 0.25) is 0 Å². The molecule has 2 heterocycles. The summed E-state index contributed by atoms with van der Waals surface area (Å²) in [6.07, 6.45) is 4.25. The molecule has 0 aliphatic carbocycles. The molecule has 1 amide bonds. The van der Waals surface area contributed by atoms with Crippen LogP contribution < -0.4 is 15.6 Å². The van der Waals surface area contributed by atoms with E-state index in [1.165, 1.54) is 4.57 Å². The number of benzene rings is 1. The first-order chi connectivity index (χ1) is 15.8. The summed E-state index contributed by atoms with van der Waals surface area (Å²) in [4.78, 5) is 29.6.